The third-order valence-electron chi connectivity index (χ3n) is 3.84. The molecule has 3 nitrogen and oxygen atoms in total. The molecule has 3 rings (SSSR count). The van der Waals surface area contributed by atoms with Crippen LogP contribution in [-0.4, -0.2) is 16.5 Å². The van der Waals surface area contributed by atoms with Crippen molar-refractivity contribution in [1.82, 2.24) is 15.3 Å². The van der Waals surface area contributed by atoms with Crippen LogP contribution in [0.2, 0.25) is 5.02 Å². The molecule has 104 valence electrons. The molecule has 0 spiro atoms. The molecule has 1 N–H and O–H groups in total. The average Bonchev–Trinajstić information content (AvgIpc) is 2.92. The van der Waals surface area contributed by atoms with E-state index >= 15 is 0 Å². The van der Waals surface area contributed by atoms with E-state index in [1.807, 2.05) is 24.3 Å². The van der Waals surface area contributed by atoms with Crippen molar-refractivity contribution < 1.29 is 0 Å². The summed E-state index contributed by atoms with van der Waals surface area (Å²) in [5.74, 6) is 0.776. The highest BCUT2D eigenvalue weighted by atomic mass is 35.5. The quantitative estimate of drug-likeness (QED) is 0.912. The van der Waals surface area contributed by atoms with Crippen LogP contribution in [0.25, 0.3) is 11.4 Å². The Labute approximate surface area is 124 Å². The molecular weight excluding hydrogens is 270 g/mol. The van der Waals surface area contributed by atoms with Gasteiger partial charge in [0, 0.05) is 33.6 Å². The molecule has 1 aliphatic heterocycles. The summed E-state index contributed by atoms with van der Waals surface area (Å²) < 4.78 is 0. The maximum absolute atomic E-state index is 5.92. The van der Waals surface area contributed by atoms with Crippen LogP contribution in [0.15, 0.2) is 24.3 Å². The van der Waals surface area contributed by atoms with E-state index < -0.39 is 0 Å². The minimum absolute atomic E-state index is 0.411. The number of nitrogens with one attached hydrogen (secondary N) is 1. The molecule has 0 radical (unpaired) electrons. The van der Waals surface area contributed by atoms with Crippen molar-refractivity contribution in [3.63, 3.8) is 0 Å². The summed E-state index contributed by atoms with van der Waals surface area (Å²) >= 11 is 5.92. The van der Waals surface area contributed by atoms with Crippen molar-refractivity contribution in [3.05, 3.63) is 46.2 Å². The summed E-state index contributed by atoms with van der Waals surface area (Å²) in [7, 11) is 0. The van der Waals surface area contributed by atoms with Crippen LogP contribution in [0, 0.1) is 13.8 Å². The molecule has 1 fully saturated rings. The van der Waals surface area contributed by atoms with E-state index in [0.717, 1.165) is 34.3 Å². The lowest BCUT2D eigenvalue weighted by Gasteiger charge is -2.16. The molecule has 1 aliphatic rings. The topological polar surface area (TPSA) is 37.8 Å². The molecule has 1 atom stereocenters. The van der Waals surface area contributed by atoms with Crippen molar-refractivity contribution in [2.24, 2.45) is 0 Å². The Morgan fingerprint density at radius 1 is 1.10 bits per heavy atom. The van der Waals surface area contributed by atoms with E-state index in [1.54, 1.807) is 0 Å². The van der Waals surface area contributed by atoms with Crippen molar-refractivity contribution in [3.8, 4) is 11.4 Å². The van der Waals surface area contributed by atoms with Gasteiger partial charge in [-0.2, -0.15) is 0 Å². The van der Waals surface area contributed by atoms with Crippen LogP contribution in [0.1, 0.15) is 35.8 Å². The molecule has 0 aliphatic carbocycles. The highest BCUT2D eigenvalue weighted by molar-refractivity contribution is 6.30. The summed E-state index contributed by atoms with van der Waals surface area (Å²) in [6.07, 6.45) is 2.40. The van der Waals surface area contributed by atoms with Crippen molar-refractivity contribution >= 4 is 11.6 Å². The minimum Gasteiger partial charge on any atom is -0.310 e. The molecule has 2 aromatic rings. The maximum Gasteiger partial charge on any atom is 0.159 e. The van der Waals surface area contributed by atoms with E-state index in [4.69, 9.17) is 11.6 Å². The Bertz CT molecular complexity index is 593. The van der Waals surface area contributed by atoms with Gasteiger partial charge in [0.15, 0.2) is 5.82 Å². The molecule has 4 heteroatoms. The van der Waals surface area contributed by atoms with Crippen LogP contribution < -0.4 is 5.32 Å². The van der Waals surface area contributed by atoms with Gasteiger partial charge in [0.1, 0.15) is 0 Å². The summed E-state index contributed by atoms with van der Waals surface area (Å²) in [5, 5.41) is 4.25. The van der Waals surface area contributed by atoms with Crippen LogP contribution in [0.3, 0.4) is 0 Å². The number of halogens is 1. The zero-order chi connectivity index (χ0) is 14.1. The number of hydrogen-bond acceptors (Lipinski definition) is 3. The molecule has 1 unspecified atom stereocenters. The van der Waals surface area contributed by atoms with Gasteiger partial charge in [-0.1, -0.05) is 11.6 Å². The fourth-order valence-electron chi connectivity index (χ4n) is 2.89. The Morgan fingerprint density at radius 2 is 1.75 bits per heavy atom. The number of rotatable bonds is 2. The normalized spacial score (nSPS) is 18.4. The number of aromatic nitrogens is 2. The maximum atomic E-state index is 5.92. The van der Waals surface area contributed by atoms with Gasteiger partial charge in [-0.05, 0) is 57.5 Å². The fraction of sp³-hybridized carbons (Fsp3) is 0.375. The molecule has 0 amide bonds. The van der Waals surface area contributed by atoms with Crippen LogP contribution in [-0.2, 0) is 0 Å². The highest BCUT2D eigenvalue weighted by Crippen LogP contribution is 2.29. The number of hydrogen-bond donors (Lipinski definition) is 1. The van der Waals surface area contributed by atoms with E-state index in [9.17, 15) is 0 Å². The molecule has 1 saturated heterocycles. The standard InChI is InChI=1S/C16H18ClN3/c1-10-15(14-4-3-9-18-14)11(2)20-16(19-10)12-5-7-13(17)8-6-12/h5-8,14,18H,3-4,9H2,1-2H3. The number of benzene rings is 1. The van der Waals surface area contributed by atoms with Crippen molar-refractivity contribution in [2.45, 2.75) is 32.7 Å². The van der Waals surface area contributed by atoms with Gasteiger partial charge in [0.2, 0.25) is 0 Å². The van der Waals surface area contributed by atoms with E-state index in [0.29, 0.717) is 6.04 Å². The predicted octanol–water partition coefficient (Wildman–Crippen LogP) is 3.84. The second-order valence-corrected chi connectivity index (χ2v) is 5.72. The summed E-state index contributed by atoms with van der Waals surface area (Å²) in [4.78, 5) is 9.37. The lowest BCUT2D eigenvalue weighted by atomic mass is 10.0. The molecule has 1 aromatic heterocycles. The number of nitrogens with zero attached hydrogens (tertiary/aromatic N) is 2. The molecule has 1 aromatic carbocycles. The first-order valence-corrected chi connectivity index (χ1v) is 7.37. The van der Waals surface area contributed by atoms with E-state index in [1.165, 1.54) is 18.4 Å². The Kier molecular flexibility index (Phi) is 3.72. The first kappa shape index (κ1) is 13.5. The monoisotopic (exact) mass is 287 g/mol. The molecular formula is C16H18ClN3. The molecule has 0 saturated carbocycles. The zero-order valence-corrected chi connectivity index (χ0v) is 12.5. The largest absolute Gasteiger partial charge is 0.310 e. The van der Waals surface area contributed by atoms with E-state index in [2.05, 4.69) is 29.1 Å². The fourth-order valence-corrected chi connectivity index (χ4v) is 3.01. The van der Waals surface area contributed by atoms with Gasteiger partial charge in [-0.25, -0.2) is 9.97 Å². The first-order chi connectivity index (χ1) is 9.65. The van der Waals surface area contributed by atoms with Gasteiger partial charge >= 0.3 is 0 Å². The smallest absolute Gasteiger partial charge is 0.159 e. The predicted molar refractivity (Wildman–Crippen MR) is 81.9 cm³/mol. The van der Waals surface area contributed by atoms with Crippen LogP contribution in [0.4, 0.5) is 0 Å². The molecule has 2 heterocycles. The number of aryl methyl sites for hydroxylation is 2. The Morgan fingerprint density at radius 3 is 2.30 bits per heavy atom. The van der Waals surface area contributed by atoms with E-state index in [-0.39, 0.29) is 0 Å². The van der Waals surface area contributed by atoms with Crippen LogP contribution in [0.5, 0.6) is 0 Å². The Balaban J connectivity index is 2.00. The summed E-state index contributed by atoms with van der Waals surface area (Å²) in [6.45, 7) is 5.23. The van der Waals surface area contributed by atoms with Crippen molar-refractivity contribution in [2.75, 3.05) is 6.54 Å². The second kappa shape index (κ2) is 5.51. The third kappa shape index (κ3) is 2.56. The van der Waals surface area contributed by atoms with Gasteiger partial charge in [0.25, 0.3) is 0 Å². The molecule has 0 bridgehead atoms. The Hall–Kier alpha value is -1.45. The van der Waals surface area contributed by atoms with Gasteiger partial charge in [0.05, 0.1) is 0 Å². The first-order valence-electron chi connectivity index (χ1n) is 6.99. The van der Waals surface area contributed by atoms with Crippen molar-refractivity contribution in [1.29, 1.82) is 0 Å². The third-order valence-corrected chi connectivity index (χ3v) is 4.09. The minimum atomic E-state index is 0.411. The van der Waals surface area contributed by atoms with Gasteiger partial charge in [-0.3, -0.25) is 0 Å². The second-order valence-electron chi connectivity index (χ2n) is 5.29. The summed E-state index contributed by atoms with van der Waals surface area (Å²) in [5.41, 5.74) is 4.41. The highest BCUT2D eigenvalue weighted by Gasteiger charge is 2.22. The summed E-state index contributed by atoms with van der Waals surface area (Å²) in [6, 6.07) is 8.08. The molecule has 20 heavy (non-hydrogen) atoms. The van der Waals surface area contributed by atoms with Crippen LogP contribution >= 0.6 is 11.6 Å². The lowest BCUT2D eigenvalue weighted by molar-refractivity contribution is 0.630. The van der Waals surface area contributed by atoms with Gasteiger partial charge in [-0.15, -0.1) is 0 Å². The van der Waals surface area contributed by atoms with Gasteiger partial charge < -0.3 is 5.32 Å². The lowest BCUT2D eigenvalue weighted by Crippen LogP contribution is -2.17. The SMILES string of the molecule is Cc1nc(-c2ccc(Cl)cc2)nc(C)c1C1CCCN1. The zero-order valence-electron chi connectivity index (χ0n) is 11.8. The average molecular weight is 288 g/mol.